The number of unbranched alkanes of at least 4 members (excludes halogenated alkanes) is 1. The maximum Gasteiger partial charge on any atom is 0.322 e. The molecular weight excluding hydrogens is 396 g/mol. The zero-order valence-electron chi connectivity index (χ0n) is 17.7. The van der Waals surface area contributed by atoms with E-state index in [4.69, 9.17) is 9.47 Å². The van der Waals surface area contributed by atoms with Crippen LogP contribution in [0.1, 0.15) is 59.3 Å². The molecule has 1 fully saturated rings. The highest BCUT2D eigenvalue weighted by Crippen LogP contribution is 2.64. The fourth-order valence-corrected chi connectivity index (χ4v) is 6.02. The third-order valence-corrected chi connectivity index (χ3v) is 7.81. The Bertz CT molecular complexity index is 749. The second-order valence-corrected chi connectivity index (χ2v) is 9.23. The second kappa shape index (κ2) is 8.77. The molecule has 0 radical (unpaired) electrons. The van der Waals surface area contributed by atoms with Crippen LogP contribution in [0.15, 0.2) is 11.2 Å². The van der Waals surface area contributed by atoms with Gasteiger partial charge in [-0.15, -0.1) is 0 Å². The summed E-state index contributed by atoms with van der Waals surface area (Å²) >= 11 is 0.909. The molecule has 1 aromatic heterocycles. The molecule has 29 heavy (non-hydrogen) atoms. The monoisotopic (exact) mass is 426 g/mol. The minimum atomic E-state index is -1.66. The van der Waals surface area contributed by atoms with Crippen LogP contribution < -0.4 is 9.47 Å². The average Bonchev–Trinajstić information content (AvgIpc) is 2.67. The van der Waals surface area contributed by atoms with Crippen molar-refractivity contribution in [3.05, 3.63) is 6.07 Å². The fraction of sp³-hybridized carbons (Fsp3) is 0.700. The van der Waals surface area contributed by atoms with Crippen molar-refractivity contribution >= 4 is 23.7 Å². The highest BCUT2D eigenvalue weighted by atomic mass is 32.2. The molecule has 0 spiro atoms. The Hall–Kier alpha value is -2.03. The quantitative estimate of drug-likeness (QED) is 0.567. The van der Waals surface area contributed by atoms with Crippen molar-refractivity contribution in [3.63, 3.8) is 0 Å². The largest absolute Gasteiger partial charge is 0.481 e. The first-order valence-electron chi connectivity index (χ1n) is 9.73. The summed E-state index contributed by atoms with van der Waals surface area (Å²) in [7, 11) is 2.88. The lowest BCUT2D eigenvalue weighted by molar-refractivity contribution is -0.170. The third kappa shape index (κ3) is 3.89. The first-order chi connectivity index (χ1) is 13.6. The Balaban J connectivity index is 2.74. The highest BCUT2D eigenvalue weighted by Gasteiger charge is 2.70. The van der Waals surface area contributed by atoms with E-state index < -0.39 is 27.5 Å². The van der Waals surface area contributed by atoms with Crippen molar-refractivity contribution in [2.75, 3.05) is 14.2 Å². The predicted molar refractivity (Wildman–Crippen MR) is 109 cm³/mol. The van der Waals surface area contributed by atoms with Crippen molar-refractivity contribution in [1.82, 2.24) is 9.97 Å². The summed E-state index contributed by atoms with van der Waals surface area (Å²) in [5.74, 6) is -1.79. The van der Waals surface area contributed by atoms with Crippen LogP contribution in [0.3, 0.4) is 0 Å². The maximum atomic E-state index is 12.9. The molecule has 1 aliphatic carbocycles. The van der Waals surface area contributed by atoms with Gasteiger partial charge in [-0.3, -0.25) is 9.59 Å². The molecule has 1 aromatic rings. The van der Waals surface area contributed by atoms with Crippen LogP contribution in [0, 0.1) is 10.8 Å². The second-order valence-electron chi connectivity index (χ2n) is 8.05. The van der Waals surface area contributed by atoms with Crippen molar-refractivity contribution in [2.45, 2.75) is 69.2 Å². The van der Waals surface area contributed by atoms with Crippen molar-refractivity contribution in [3.8, 4) is 11.8 Å². The van der Waals surface area contributed by atoms with E-state index in [1.54, 1.807) is 0 Å². The van der Waals surface area contributed by atoms with E-state index in [0.717, 1.165) is 18.2 Å². The van der Waals surface area contributed by atoms with Gasteiger partial charge in [0.1, 0.15) is 4.75 Å². The number of aromatic nitrogens is 2. The summed E-state index contributed by atoms with van der Waals surface area (Å²) in [6.45, 7) is 5.62. The summed E-state index contributed by atoms with van der Waals surface area (Å²) < 4.78 is 8.72. The molecule has 0 aliphatic heterocycles. The molecule has 2 unspecified atom stereocenters. The van der Waals surface area contributed by atoms with Crippen LogP contribution >= 0.6 is 11.8 Å². The summed E-state index contributed by atoms with van der Waals surface area (Å²) in [6, 6.07) is 1.49. The molecule has 0 bridgehead atoms. The molecular formula is C20H30N2O6S. The number of carboxylic acids is 2. The van der Waals surface area contributed by atoms with Gasteiger partial charge in [0.2, 0.25) is 11.8 Å². The Labute approximate surface area is 175 Å². The summed E-state index contributed by atoms with van der Waals surface area (Å²) in [5.41, 5.74) is -2.26. The Morgan fingerprint density at radius 1 is 1.10 bits per heavy atom. The molecule has 2 rings (SSSR count). The molecule has 0 aromatic carbocycles. The molecule has 1 heterocycles. The lowest BCUT2D eigenvalue weighted by atomic mass is 9.53. The number of carboxylic acid groups (broad SMARTS) is 2. The molecule has 0 saturated heterocycles. The van der Waals surface area contributed by atoms with Crippen molar-refractivity contribution in [2.24, 2.45) is 10.8 Å². The maximum absolute atomic E-state index is 12.9. The zero-order valence-corrected chi connectivity index (χ0v) is 18.5. The van der Waals surface area contributed by atoms with Crippen LogP contribution in [-0.4, -0.2) is 51.1 Å². The Morgan fingerprint density at radius 3 is 2.14 bits per heavy atom. The highest BCUT2D eigenvalue weighted by molar-refractivity contribution is 8.01. The molecule has 9 heteroatoms. The van der Waals surface area contributed by atoms with E-state index in [9.17, 15) is 19.8 Å². The molecule has 2 atom stereocenters. The number of nitrogens with zero attached hydrogens (tertiary/aromatic N) is 2. The number of rotatable bonds is 9. The van der Waals surface area contributed by atoms with E-state index in [2.05, 4.69) is 9.97 Å². The fourth-order valence-electron chi connectivity index (χ4n) is 4.53. The molecule has 0 amide bonds. The predicted octanol–water partition coefficient (Wildman–Crippen LogP) is 3.88. The number of ether oxygens (including phenoxy) is 2. The smallest absolute Gasteiger partial charge is 0.322 e. The minimum absolute atomic E-state index is 0.126. The standard InChI is InChI=1S/C20H30N2O6S/c1-6-7-10-19(15(23)24)11-8-9-18(2,3)20(19,16(25)26)29-17-21-13(27-4)12-14(22-17)28-5/h12H,6-11H2,1-5H3,(H,23,24)(H,25,26). The van der Waals surface area contributed by atoms with Gasteiger partial charge < -0.3 is 19.7 Å². The number of hydrogen-bond acceptors (Lipinski definition) is 7. The van der Waals surface area contributed by atoms with Gasteiger partial charge in [-0.05, 0) is 24.7 Å². The number of thioether (sulfide) groups is 1. The number of aliphatic carboxylic acids is 2. The topological polar surface area (TPSA) is 119 Å². The molecule has 2 N–H and O–H groups in total. The van der Waals surface area contributed by atoms with Gasteiger partial charge in [0.25, 0.3) is 0 Å². The van der Waals surface area contributed by atoms with Crippen LogP contribution in [0.4, 0.5) is 0 Å². The summed E-state index contributed by atoms with van der Waals surface area (Å²) in [6.07, 6.45) is 3.23. The van der Waals surface area contributed by atoms with Crippen LogP contribution in [-0.2, 0) is 9.59 Å². The summed E-state index contributed by atoms with van der Waals surface area (Å²) in [5, 5.41) is 21.0. The van der Waals surface area contributed by atoms with Crippen LogP contribution in [0.2, 0.25) is 0 Å². The zero-order chi connectivity index (χ0) is 21.9. The Kier molecular flexibility index (Phi) is 7.03. The normalized spacial score (nSPS) is 26.0. The van der Waals surface area contributed by atoms with Crippen LogP contribution in [0.5, 0.6) is 11.8 Å². The number of hydrogen-bond donors (Lipinski definition) is 2. The SMILES string of the molecule is CCCCC1(C(=O)O)CCCC(C)(C)C1(Sc1nc(OC)cc(OC)n1)C(=O)O. The van der Waals surface area contributed by atoms with E-state index in [0.29, 0.717) is 25.7 Å². The lowest BCUT2D eigenvalue weighted by Gasteiger charge is -2.56. The van der Waals surface area contributed by atoms with Gasteiger partial charge in [-0.25, -0.2) is 0 Å². The Morgan fingerprint density at radius 2 is 1.69 bits per heavy atom. The molecule has 1 aliphatic rings. The van der Waals surface area contributed by atoms with Gasteiger partial charge in [0, 0.05) is 0 Å². The third-order valence-electron chi connectivity index (χ3n) is 6.02. The first kappa shape index (κ1) is 23.3. The molecule has 1 saturated carbocycles. The molecule has 162 valence electrons. The van der Waals surface area contributed by atoms with Gasteiger partial charge in [-0.1, -0.05) is 51.8 Å². The van der Waals surface area contributed by atoms with E-state index >= 15 is 0 Å². The average molecular weight is 427 g/mol. The number of carbonyl (C=O) groups is 2. The van der Waals surface area contributed by atoms with E-state index in [-0.39, 0.29) is 23.3 Å². The molecule has 8 nitrogen and oxygen atoms in total. The van der Waals surface area contributed by atoms with Crippen molar-refractivity contribution in [1.29, 1.82) is 0 Å². The minimum Gasteiger partial charge on any atom is -0.481 e. The van der Waals surface area contributed by atoms with Gasteiger partial charge >= 0.3 is 11.9 Å². The van der Waals surface area contributed by atoms with E-state index in [1.165, 1.54) is 20.3 Å². The summed E-state index contributed by atoms with van der Waals surface area (Å²) in [4.78, 5) is 34.1. The first-order valence-corrected chi connectivity index (χ1v) is 10.5. The van der Waals surface area contributed by atoms with Gasteiger partial charge in [0.05, 0.1) is 25.7 Å². The van der Waals surface area contributed by atoms with Gasteiger partial charge in [0.15, 0.2) is 5.16 Å². The van der Waals surface area contributed by atoms with E-state index in [1.807, 2.05) is 20.8 Å². The number of methoxy groups -OCH3 is 2. The lowest BCUT2D eigenvalue weighted by Crippen LogP contribution is -2.65. The van der Waals surface area contributed by atoms with Crippen LogP contribution in [0.25, 0.3) is 0 Å². The van der Waals surface area contributed by atoms with Gasteiger partial charge in [-0.2, -0.15) is 9.97 Å². The van der Waals surface area contributed by atoms with Crippen molar-refractivity contribution < 1.29 is 29.3 Å².